The summed E-state index contributed by atoms with van der Waals surface area (Å²) in [5.41, 5.74) is 1.66. The molecule has 0 fully saturated rings. The van der Waals surface area contributed by atoms with Gasteiger partial charge < -0.3 is 14.8 Å². The number of carbonyl (C=O) groups excluding carboxylic acids is 1. The van der Waals surface area contributed by atoms with Gasteiger partial charge in [0.15, 0.2) is 11.5 Å². The van der Waals surface area contributed by atoms with Crippen LogP contribution in [0.5, 0.6) is 11.5 Å². The van der Waals surface area contributed by atoms with Crippen LogP contribution in [0.15, 0.2) is 45.8 Å². The summed E-state index contributed by atoms with van der Waals surface area (Å²) in [7, 11) is 0. The van der Waals surface area contributed by atoms with Crippen molar-refractivity contribution < 1.29 is 14.3 Å². The van der Waals surface area contributed by atoms with Crippen LogP contribution in [0, 0.1) is 0 Å². The number of nitrogens with one attached hydrogen (secondary N) is 1. The summed E-state index contributed by atoms with van der Waals surface area (Å²) in [5, 5.41) is 2.91. The standard InChI is InChI=1S/C17H16BrNO3S/c1-23-13-4-2-12(3-5-13)19-17(20)9-11-8-15-16(10-14(11)18)22-7-6-21-15/h2-5,8,10H,6-7,9H2,1H3,(H,19,20). The van der Waals surface area contributed by atoms with E-state index in [0.29, 0.717) is 24.7 Å². The van der Waals surface area contributed by atoms with Gasteiger partial charge in [0.2, 0.25) is 5.91 Å². The number of benzene rings is 2. The highest BCUT2D eigenvalue weighted by Gasteiger charge is 2.16. The highest BCUT2D eigenvalue weighted by Crippen LogP contribution is 2.35. The Hall–Kier alpha value is -1.66. The highest BCUT2D eigenvalue weighted by atomic mass is 79.9. The van der Waals surface area contributed by atoms with Gasteiger partial charge in [0.1, 0.15) is 13.2 Å². The van der Waals surface area contributed by atoms with Gasteiger partial charge in [-0.2, -0.15) is 0 Å². The van der Waals surface area contributed by atoms with Gasteiger partial charge in [-0.3, -0.25) is 4.79 Å². The number of halogens is 1. The summed E-state index contributed by atoms with van der Waals surface area (Å²) in [6, 6.07) is 11.5. The van der Waals surface area contributed by atoms with E-state index in [1.807, 2.05) is 42.7 Å². The van der Waals surface area contributed by atoms with E-state index >= 15 is 0 Å². The zero-order valence-electron chi connectivity index (χ0n) is 12.6. The largest absolute Gasteiger partial charge is 0.486 e. The van der Waals surface area contributed by atoms with Crippen LogP contribution in [0.4, 0.5) is 5.69 Å². The number of thioether (sulfide) groups is 1. The lowest BCUT2D eigenvalue weighted by Gasteiger charge is -2.19. The predicted molar refractivity (Wildman–Crippen MR) is 95.7 cm³/mol. The molecule has 2 aromatic rings. The van der Waals surface area contributed by atoms with E-state index in [9.17, 15) is 4.79 Å². The second-order valence-electron chi connectivity index (χ2n) is 5.04. The minimum absolute atomic E-state index is 0.0701. The number of fused-ring (bicyclic) bond motifs is 1. The van der Waals surface area contributed by atoms with E-state index in [0.717, 1.165) is 20.6 Å². The third kappa shape index (κ3) is 4.00. The van der Waals surface area contributed by atoms with Gasteiger partial charge in [-0.05, 0) is 48.2 Å². The number of hydrogen-bond donors (Lipinski definition) is 1. The molecule has 120 valence electrons. The van der Waals surface area contributed by atoms with Gasteiger partial charge >= 0.3 is 0 Å². The Morgan fingerprint density at radius 1 is 1.17 bits per heavy atom. The number of rotatable bonds is 4. The predicted octanol–water partition coefficient (Wildman–Crippen LogP) is 4.12. The molecule has 0 aromatic heterocycles. The molecule has 1 heterocycles. The SMILES string of the molecule is CSc1ccc(NC(=O)Cc2cc3c(cc2Br)OCCO3)cc1. The van der Waals surface area contributed by atoms with Crippen molar-refractivity contribution >= 4 is 39.3 Å². The van der Waals surface area contributed by atoms with Crippen molar-refractivity contribution in [3.8, 4) is 11.5 Å². The van der Waals surface area contributed by atoms with E-state index < -0.39 is 0 Å². The van der Waals surface area contributed by atoms with Gasteiger partial charge in [0.05, 0.1) is 6.42 Å². The van der Waals surface area contributed by atoms with Gasteiger partial charge in [0, 0.05) is 15.1 Å². The summed E-state index contributed by atoms with van der Waals surface area (Å²) in [6.45, 7) is 1.08. The maximum Gasteiger partial charge on any atom is 0.228 e. The van der Waals surface area contributed by atoms with Crippen LogP contribution < -0.4 is 14.8 Å². The molecule has 0 bridgehead atoms. The van der Waals surface area contributed by atoms with Crippen LogP contribution in [0.2, 0.25) is 0 Å². The topological polar surface area (TPSA) is 47.6 Å². The molecule has 0 saturated heterocycles. The van der Waals surface area contributed by atoms with Crippen LogP contribution in [0.1, 0.15) is 5.56 Å². The Labute approximate surface area is 147 Å². The van der Waals surface area contributed by atoms with Crippen molar-refractivity contribution in [2.75, 3.05) is 24.8 Å². The molecule has 23 heavy (non-hydrogen) atoms. The smallest absolute Gasteiger partial charge is 0.228 e. The summed E-state index contributed by atoms with van der Waals surface area (Å²) in [5.74, 6) is 1.32. The second-order valence-corrected chi connectivity index (χ2v) is 6.77. The van der Waals surface area contributed by atoms with E-state index in [1.165, 1.54) is 0 Å². The summed E-state index contributed by atoms with van der Waals surface area (Å²) >= 11 is 5.16. The first-order valence-electron chi connectivity index (χ1n) is 7.17. The molecule has 1 amide bonds. The van der Waals surface area contributed by atoms with Crippen molar-refractivity contribution in [3.05, 3.63) is 46.4 Å². The van der Waals surface area contributed by atoms with Crippen molar-refractivity contribution in [1.29, 1.82) is 0 Å². The Balaban J connectivity index is 1.69. The third-order valence-corrected chi connectivity index (χ3v) is 4.92. The lowest BCUT2D eigenvalue weighted by Crippen LogP contribution is -2.17. The van der Waals surface area contributed by atoms with Crippen molar-refractivity contribution in [2.24, 2.45) is 0 Å². The van der Waals surface area contributed by atoms with Crippen molar-refractivity contribution in [3.63, 3.8) is 0 Å². The zero-order valence-corrected chi connectivity index (χ0v) is 15.0. The number of amides is 1. The quantitative estimate of drug-likeness (QED) is 0.793. The lowest BCUT2D eigenvalue weighted by atomic mass is 10.1. The number of carbonyl (C=O) groups is 1. The molecule has 0 radical (unpaired) electrons. The fraction of sp³-hybridized carbons (Fsp3) is 0.235. The summed E-state index contributed by atoms with van der Waals surface area (Å²) in [6.07, 6.45) is 2.29. The molecular weight excluding hydrogens is 378 g/mol. The van der Waals surface area contributed by atoms with Gasteiger partial charge in [-0.25, -0.2) is 0 Å². The fourth-order valence-corrected chi connectivity index (χ4v) is 3.16. The molecular formula is C17H16BrNO3S. The van der Waals surface area contributed by atoms with Gasteiger partial charge in [-0.15, -0.1) is 11.8 Å². The Morgan fingerprint density at radius 2 is 1.83 bits per heavy atom. The molecule has 4 nitrogen and oxygen atoms in total. The first-order valence-corrected chi connectivity index (χ1v) is 9.19. The van der Waals surface area contributed by atoms with E-state index in [2.05, 4.69) is 21.2 Å². The van der Waals surface area contributed by atoms with Crippen molar-refractivity contribution in [2.45, 2.75) is 11.3 Å². The molecule has 1 N–H and O–H groups in total. The average Bonchev–Trinajstić information content (AvgIpc) is 2.56. The highest BCUT2D eigenvalue weighted by molar-refractivity contribution is 9.10. The van der Waals surface area contributed by atoms with E-state index in [1.54, 1.807) is 11.8 Å². The number of hydrogen-bond acceptors (Lipinski definition) is 4. The minimum Gasteiger partial charge on any atom is -0.486 e. The monoisotopic (exact) mass is 393 g/mol. The molecule has 2 aromatic carbocycles. The summed E-state index contributed by atoms with van der Waals surface area (Å²) < 4.78 is 11.9. The van der Waals surface area contributed by atoms with Crippen LogP contribution in [-0.4, -0.2) is 25.4 Å². The Morgan fingerprint density at radius 3 is 2.48 bits per heavy atom. The van der Waals surface area contributed by atoms with Crippen LogP contribution in [0.25, 0.3) is 0 Å². The van der Waals surface area contributed by atoms with Crippen LogP contribution >= 0.6 is 27.7 Å². The minimum atomic E-state index is -0.0701. The van der Waals surface area contributed by atoms with Gasteiger partial charge in [-0.1, -0.05) is 15.9 Å². The molecule has 1 aliphatic rings. The molecule has 1 aliphatic heterocycles. The second kappa shape index (κ2) is 7.27. The first kappa shape index (κ1) is 16.2. The molecule has 3 rings (SSSR count). The lowest BCUT2D eigenvalue weighted by molar-refractivity contribution is -0.115. The van der Waals surface area contributed by atoms with E-state index in [-0.39, 0.29) is 12.3 Å². The maximum atomic E-state index is 12.2. The first-order chi connectivity index (χ1) is 11.2. The third-order valence-electron chi connectivity index (χ3n) is 3.44. The van der Waals surface area contributed by atoms with Gasteiger partial charge in [0.25, 0.3) is 0 Å². The molecule has 6 heteroatoms. The number of ether oxygens (including phenoxy) is 2. The Kier molecular flexibility index (Phi) is 5.13. The number of anilines is 1. The Bertz CT molecular complexity index is 719. The molecule has 0 unspecified atom stereocenters. The average molecular weight is 394 g/mol. The van der Waals surface area contributed by atoms with Crippen molar-refractivity contribution in [1.82, 2.24) is 0 Å². The normalized spacial score (nSPS) is 12.8. The molecule has 0 saturated carbocycles. The fourth-order valence-electron chi connectivity index (χ4n) is 2.29. The maximum absolute atomic E-state index is 12.2. The zero-order chi connectivity index (χ0) is 16.2. The summed E-state index contributed by atoms with van der Waals surface area (Å²) in [4.78, 5) is 13.4. The molecule has 0 spiro atoms. The molecule has 0 atom stereocenters. The molecule has 0 aliphatic carbocycles. The van der Waals surface area contributed by atoms with Crippen LogP contribution in [-0.2, 0) is 11.2 Å². The van der Waals surface area contributed by atoms with Crippen LogP contribution in [0.3, 0.4) is 0 Å². The van der Waals surface area contributed by atoms with E-state index in [4.69, 9.17) is 9.47 Å².